The summed E-state index contributed by atoms with van der Waals surface area (Å²) in [6.07, 6.45) is -8.86. The third kappa shape index (κ3) is 38.0. The monoisotopic (exact) mass is 1480 g/mol. The fourth-order valence-electron chi connectivity index (χ4n) is 9.32. The van der Waals surface area contributed by atoms with Gasteiger partial charge in [-0.15, -0.1) is 0 Å². The topological polar surface area (TPSA) is 469 Å². The molecule has 10 N–H and O–H groups in total. The van der Waals surface area contributed by atoms with E-state index in [1.54, 1.807) is 62.9 Å². The lowest BCUT2D eigenvalue weighted by Gasteiger charge is -2.34. The number of phosphoric acid groups is 2. The number of nitrogens with two attached hydrogens (primary N) is 2. The molecule has 39 heteroatoms. The molecule has 0 saturated carbocycles. The van der Waals surface area contributed by atoms with E-state index >= 15 is 0 Å². The fourth-order valence-corrected chi connectivity index (χ4v) is 12.1. The Morgan fingerprint density at radius 2 is 0.905 bits per heavy atom. The van der Waals surface area contributed by atoms with E-state index in [9.17, 15) is 48.8 Å². The first-order chi connectivity index (χ1) is 43.3. The molecule has 5 rings (SSSR count). The molecule has 0 spiro atoms. The van der Waals surface area contributed by atoms with E-state index in [1.165, 1.54) is 0 Å². The molecule has 5 saturated heterocycles. The van der Waals surface area contributed by atoms with E-state index < -0.39 is 134 Å². The lowest BCUT2D eigenvalue weighted by atomic mass is 9.93. The van der Waals surface area contributed by atoms with Crippen LogP contribution in [0.25, 0.3) is 0 Å². The molecular formula is C56H120BN2O31P4S-3. The second kappa shape index (κ2) is 50.6. The van der Waals surface area contributed by atoms with Crippen LogP contribution in [0.1, 0.15) is 137 Å². The molecule has 5 aliphatic heterocycles. The predicted octanol–water partition coefficient (Wildman–Crippen LogP) is 2.93. The minimum Gasteiger partial charge on any atom is -0.780 e. The maximum atomic E-state index is 12.8. The first kappa shape index (κ1) is 99.4. The molecule has 0 aromatic heterocycles. The van der Waals surface area contributed by atoms with Gasteiger partial charge in [-0.2, -0.15) is 4.67 Å². The van der Waals surface area contributed by atoms with Crippen LogP contribution in [-0.4, -0.2) is 266 Å². The highest BCUT2D eigenvalue weighted by Gasteiger charge is 2.48. The van der Waals surface area contributed by atoms with E-state index in [2.05, 4.69) is 13.7 Å². The van der Waals surface area contributed by atoms with Crippen molar-refractivity contribution in [3.8, 4) is 0 Å². The van der Waals surface area contributed by atoms with Crippen molar-refractivity contribution in [2.75, 3.05) is 80.9 Å². The minimum absolute atomic E-state index is 0. The van der Waals surface area contributed by atoms with Gasteiger partial charge in [-0.1, -0.05) is 53.3 Å². The number of ether oxygens (including phenoxy) is 12. The number of hydrogen-bond donors (Lipinski definition) is 8. The molecule has 0 aliphatic carbocycles. The van der Waals surface area contributed by atoms with E-state index in [4.69, 9.17) is 116 Å². The number of phosphoric ester groups is 2. The molecule has 572 valence electrons. The van der Waals surface area contributed by atoms with Gasteiger partial charge in [-0.3, -0.25) is 13.7 Å². The number of unbranched alkanes of at least 4 members (excludes halogenated alkanes) is 3. The number of aliphatic hydroxyl groups excluding tert-OH is 4. The molecule has 95 heavy (non-hydrogen) atoms. The van der Waals surface area contributed by atoms with Gasteiger partial charge in [-0.05, 0) is 102 Å². The van der Waals surface area contributed by atoms with E-state index in [0.717, 1.165) is 26.4 Å². The molecule has 0 bridgehead atoms. The minimum atomic E-state index is -4.79. The molecule has 0 amide bonds. The van der Waals surface area contributed by atoms with E-state index in [1.807, 2.05) is 55.4 Å². The fraction of sp³-hybridized carbons (Fsp3) is 1.00. The summed E-state index contributed by atoms with van der Waals surface area (Å²) in [6, 6.07) is -0.435. The first-order valence-electron chi connectivity index (χ1n) is 31.0. The van der Waals surface area contributed by atoms with Crippen LogP contribution < -0.4 is 26.1 Å². The molecular weight excluding hydrogens is 1360 g/mol. The van der Waals surface area contributed by atoms with E-state index in [-0.39, 0.29) is 96.9 Å². The van der Waals surface area contributed by atoms with E-state index in [0.29, 0.717) is 19.6 Å². The van der Waals surface area contributed by atoms with Crippen molar-refractivity contribution in [1.82, 2.24) is 0 Å². The Balaban J connectivity index is -0.00000116. The van der Waals surface area contributed by atoms with Crippen molar-refractivity contribution in [3.63, 3.8) is 0 Å². The largest absolute Gasteiger partial charge is 0.780 e. The normalized spacial score (nSPS) is 33.5. The summed E-state index contributed by atoms with van der Waals surface area (Å²) in [5, 5.41) is 48.2. The SMILES string of the molecule is C.C.CC.CC(C)OC[C@H]1O[C@@H](C)C(O)[C@H]1OP([O-])(=S)OC[C@H]1O[C@@H](C)C(O)[C@H]1OC(C)C.CC(C)O[C@@H]1C(O)[C@H](C)O[C@@H]1COP(=O)([O-])O.CC(C)O[C@@H]1C(O)[C@H](C)O[C@@H]1COP(=O)([O-])OCCCCCCN.COP(=O)(CN)OO.[B]C1OC(COC)C(OC)C1OC. The zero-order valence-electron chi connectivity index (χ0n) is 57.2. The lowest BCUT2D eigenvalue weighted by Crippen LogP contribution is -2.40. The average Bonchev–Trinajstić information content (AvgIpc) is 1.72. The summed E-state index contributed by atoms with van der Waals surface area (Å²) < 4.78 is 130. The van der Waals surface area contributed by atoms with Crippen molar-refractivity contribution in [1.29, 1.82) is 0 Å². The highest BCUT2D eigenvalue weighted by Crippen LogP contribution is 2.46. The van der Waals surface area contributed by atoms with Crippen LogP contribution in [0.5, 0.6) is 0 Å². The number of methoxy groups -OCH3 is 3. The predicted molar refractivity (Wildman–Crippen MR) is 350 cm³/mol. The molecule has 5 fully saturated rings. The number of aliphatic hydroxyl groups is 4. The number of hydrogen-bond acceptors (Lipinski definition) is 33. The quantitative estimate of drug-likeness (QED) is 0.0151. The Morgan fingerprint density at radius 3 is 1.24 bits per heavy atom. The van der Waals surface area contributed by atoms with Gasteiger partial charge in [0.05, 0.1) is 94.8 Å². The Kier molecular flexibility index (Phi) is 52.9. The molecule has 24 atom stereocenters. The van der Waals surface area contributed by atoms with Gasteiger partial charge in [0.25, 0.3) is 15.6 Å². The van der Waals surface area contributed by atoms with Crippen molar-refractivity contribution < 1.29 is 148 Å². The van der Waals surface area contributed by atoms with Crippen molar-refractivity contribution in [2.45, 2.75) is 284 Å². The molecule has 0 aromatic rings. The Labute approximate surface area is 571 Å². The second-order valence-corrected chi connectivity index (χ2v) is 30.1. The second-order valence-electron chi connectivity index (χ2n) is 22.7. The summed E-state index contributed by atoms with van der Waals surface area (Å²) in [4.78, 5) is 43.5. The highest BCUT2D eigenvalue weighted by atomic mass is 32.5. The van der Waals surface area contributed by atoms with Gasteiger partial charge < -0.3 is 135 Å². The van der Waals surface area contributed by atoms with Crippen molar-refractivity contribution in [3.05, 3.63) is 0 Å². The van der Waals surface area contributed by atoms with Crippen LogP contribution in [0.4, 0.5) is 0 Å². The van der Waals surface area contributed by atoms with Crippen LogP contribution in [0.3, 0.4) is 0 Å². The smallest absolute Gasteiger partial charge is 0.370 e. The average molecular weight is 1480 g/mol. The lowest BCUT2D eigenvalue weighted by molar-refractivity contribution is -0.229. The molecule has 0 aromatic carbocycles. The Bertz CT molecular complexity index is 2130. The molecule has 5 heterocycles. The molecule has 2 radical (unpaired) electrons. The van der Waals surface area contributed by atoms with Crippen LogP contribution in [0.15, 0.2) is 0 Å². The summed E-state index contributed by atoms with van der Waals surface area (Å²) in [5.74, 6) is 0. The summed E-state index contributed by atoms with van der Waals surface area (Å²) in [7, 11) is -0.854. The van der Waals surface area contributed by atoms with Gasteiger partial charge in [0.15, 0.2) is 0 Å². The maximum absolute atomic E-state index is 12.8. The third-order valence-electron chi connectivity index (χ3n) is 13.8. The zero-order valence-corrected chi connectivity index (χ0v) is 61.6. The molecule has 5 aliphatic rings. The number of rotatable bonds is 34. The summed E-state index contributed by atoms with van der Waals surface area (Å²) in [6.45, 7) is 22.0. The first-order valence-corrected chi connectivity index (χ1v) is 38.2. The van der Waals surface area contributed by atoms with Crippen LogP contribution in [0.2, 0.25) is 0 Å². The van der Waals surface area contributed by atoms with Crippen LogP contribution >= 0.6 is 30.0 Å². The maximum Gasteiger partial charge on any atom is 0.370 e. The summed E-state index contributed by atoms with van der Waals surface area (Å²) in [5.41, 5.74) is 10.2. The van der Waals surface area contributed by atoms with Gasteiger partial charge in [0, 0.05) is 34.4 Å². The standard InChI is InChI=1S/C18H35O9PS.C15H32NO7P.C9H19O7P.C8H15BO4.C2H8NO4P.C2H6.2CH4/c1-9(2)22-7-13-18(16(20)12(6)25-13)27-28(21,29)23-8-14-17(24-10(3)4)15(19)11(5)26-14;1-11(2)22-15-13(23-12(3)14(15)17)10-21-24(18,19)20-9-7-5-4-6-8-16;1-5(2)15-9-7(4-14-17(11,12)13)16-6(3)8(9)10;1-10-4-5-6(11-2)7(12-3)8(9)13-5;1-6-8(5,2-3)7-4;1-2;;/h9-20H,7-8H2,1-6H3,(H,21,29);11-15,17H,4-10,16H2,1-3H3,(H,18,19);5-10H,4H2,1-3H3,(H2,11,12,13);5-8H,4H2,1-3H3;4H,2-3H2,1H3;1-2H3;2*1H4/p-3/t11-,12-,13+,14+,15?,16?,17-,18-,28?;12-,13+,14?,15-;6-,7+,8?,9-;;;;;/m000...../s1. The van der Waals surface area contributed by atoms with Gasteiger partial charge >= 0.3 is 7.60 Å². The van der Waals surface area contributed by atoms with Crippen molar-refractivity contribution >= 4 is 49.6 Å². The summed E-state index contributed by atoms with van der Waals surface area (Å²) >= 11 is 5.02. The molecule has 12 unspecified atom stereocenters. The van der Waals surface area contributed by atoms with Gasteiger partial charge in [0.2, 0.25) is 0 Å². The van der Waals surface area contributed by atoms with Crippen LogP contribution in [0, 0.1) is 0 Å². The van der Waals surface area contributed by atoms with Gasteiger partial charge in [0.1, 0.15) is 106 Å². The third-order valence-corrected chi connectivity index (χ3v) is 18.1. The van der Waals surface area contributed by atoms with Crippen LogP contribution in [-0.2, 0) is 114 Å². The Morgan fingerprint density at radius 1 is 0.526 bits per heavy atom. The molecule has 33 nitrogen and oxygen atoms in total. The highest BCUT2D eigenvalue weighted by molar-refractivity contribution is 8.06. The Hall–Kier alpha value is 0.205. The van der Waals surface area contributed by atoms with Crippen molar-refractivity contribution in [2.24, 2.45) is 11.5 Å². The zero-order chi connectivity index (χ0) is 71.8. The van der Waals surface area contributed by atoms with Gasteiger partial charge in [-0.25, -0.2) is 5.26 Å².